The number of hydrogen-bond acceptors (Lipinski definition) is 10. The van der Waals surface area contributed by atoms with E-state index in [1.165, 1.54) is 0 Å². The third-order valence-electron chi connectivity index (χ3n) is 13.2. The molecule has 78 heavy (non-hydrogen) atoms. The summed E-state index contributed by atoms with van der Waals surface area (Å²) in [6.45, 7) is 7.07. The van der Waals surface area contributed by atoms with E-state index in [4.69, 9.17) is 28.4 Å². The van der Waals surface area contributed by atoms with Crippen LogP contribution in [0, 0.1) is 11.8 Å². The zero-order valence-corrected chi connectivity index (χ0v) is 44.6. The van der Waals surface area contributed by atoms with Crippen molar-refractivity contribution < 1.29 is 48.2 Å². The van der Waals surface area contributed by atoms with E-state index in [9.17, 15) is 10.2 Å². The van der Waals surface area contributed by atoms with Gasteiger partial charge >= 0.3 is 0 Å². The van der Waals surface area contributed by atoms with Gasteiger partial charge < -0.3 is 49.3 Å². The predicted octanol–water partition coefficient (Wildman–Crippen LogP) is 12.3. The minimum absolute atomic E-state index is 0.000395. The van der Waals surface area contributed by atoms with E-state index in [0.717, 1.165) is 33.4 Å². The molecule has 0 spiro atoms. The number of amides is 2. The van der Waals surface area contributed by atoms with Crippen molar-refractivity contribution in [1.82, 2.24) is 10.6 Å². The second-order valence-corrected chi connectivity index (χ2v) is 19.6. The Bertz CT molecular complexity index is 2930. The van der Waals surface area contributed by atoms with Gasteiger partial charge in [-0.2, -0.15) is 0 Å². The molecular formula is C66H68N2O10. The van der Waals surface area contributed by atoms with Gasteiger partial charge in [-0.05, 0) is 57.3 Å². The molecule has 12 nitrogen and oxygen atoms in total. The highest BCUT2D eigenvalue weighted by Gasteiger charge is 2.36. The van der Waals surface area contributed by atoms with Gasteiger partial charge in [-0.15, -0.1) is 0 Å². The molecule has 0 heterocycles. The second-order valence-electron chi connectivity index (χ2n) is 19.6. The fraction of sp³-hybridized carbons (Fsp3) is 0.242. The third kappa shape index (κ3) is 14.9. The fourth-order valence-electron chi connectivity index (χ4n) is 8.58. The van der Waals surface area contributed by atoms with Gasteiger partial charge in [-0.3, -0.25) is 9.59 Å². The van der Waals surface area contributed by atoms with Crippen LogP contribution in [0.4, 0.5) is 0 Å². The van der Waals surface area contributed by atoms with Crippen molar-refractivity contribution in [2.75, 3.05) is 13.2 Å². The maximum atomic E-state index is 15.7. The van der Waals surface area contributed by atoms with Crippen molar-refractivity contribution in [3.8, 4) is 45.6 Å². The summed E-state index contributed by atoms with van der Waals surface area (Å²) in [4.78, 5) is 31.3. The van der Waals surface area contributed by atoms with Crippen LogP contribution in [0.2, 0.25) is 0 Å². The molecule has 0 saturated carbocycles. The van der Waals surface area contributed by atoms with E-state index in [-0.39, 0.29) is 121 Å². The molecule has 2 atom stereocenters. The monoisotopic (exact) mass is 1050 g/mol. The Morgan fingerprint density at radius 1 is 0.359 bits per heavy atom. The maximum Gasteiger partial charge on any atom is 0.252 e. The van der Waals surface area contributed by atoms with Crippen molar-refractivity contribution in [3.63, 3.8) is 0 Å². The molecule has 4 N–H and O–H groups in total. The molecule has 0 aliphatic heterocycles. The minimum atomic E-state index is -0.701. The van der Waals surface area contributed by atoms with Crippen molar-refractivity contribution in [1.29, 1.82) is 0 Å². The molecule has 12 heteroatoms. The lowest BCUT2D eigenvalue weighted by Gasteiger charge is -2.28. The van der Waals surface area contributed by atoms with Gasteiger partial charge in [-0.25, -0.2) is 0 Å². The van der Waals surface area contributed by atoms with E-state index < -0.39 is 23.9 Å². The summed E-state index contributed by atoms with van der Waals surface area (Å²) in [6.07, 6.45) is 0. The molecule has 402 valence electrons. The number of carbonyl (C=O) groups is 2. The molecule has 8 rings (SSSR count). The molecule has 0 saturated heterocycles. The normalized spacial score (nSPS) is 11.8. The first-order valence-corrected chi connectivity index (χ1v) is 26.4. The van der Waals surface area contributed by atoms with Gasteiger partial charge in [0.15, 0.2) is 23.0 Å². The number of carbonyl (C=O) groups excluding carboxylic acids is 2. The number of hydrogen-bond donors (Lipinski definition) is 4. The van der Waals surface area contributed by atoms with Crippen LogP contribution in [0.5, 0.6) is 34.5 Å². The van der Waals surface area contributed by atoms with Gasteiger partial charge in [-0.1, -0.05) is 210 Å². The molecule has 8 aromatic rings. The van der Waals surface area contributed by atoms with Gasteiger partial charge in [0.25, 0.3) is 11.8 Å². The van der Waals surface area contributed by atoms with Gasteiger partial charge in [0.2, 0.25) is 11.5 Å². The molecule has 0 aliphatic carbocycles. The number of ether oxygens (including phenoxy) is 6. The molecule has 8 aromatic carbocycles. The summed E-state index contributed by atoms with van der Waals surface area (Å²) in [5.74, 6) is -0.950. The molecule has 0 unspecified atom stereocenters. The Kier molecular flexibility index (Phi) is 20.0. The Balaban J connectivity index is 1.51. The van der Waals surface area contributed by atoms with E-state index in [0.29, 0.717) is 0 Å². The zero-order chi connectivity index (χ0) is 54.6. The summed E-state index contributed by atoms with van der Waals surface area (Å²) in [5, 5.41) is 27.7. The van der Waals surface area contributed by atoms with Crippen LogP contribution in [-0.2, 0) is 39.6 Å². The lowest BCUT2D eigenvalue weighted by atomic mass is 9.90. The Morgan fingerprint density at radius 2 is 0.590 bits per heavy atom. The molecule has 0 aromatic heterocycles. The van der Waals surface area contributed by atoms with Crippen LogP contribution in [0.25, 0.3) is 11.1 Å². The largest absolute Gasteiger partial charge is 0.485 e. The summed E-state index contributed by atoms with van der Waals surface area (Å²) >= 11 is 0. The second kappa shape index (κ2) is 28.0. The number of aliphatic hydroxyl groups is 2. The van der Waals surface area contributed by atoms with E-state index in [1.807, 2.05) is 210 Å². The first-order valence-electron chi connectivity index (χ1n) is 26.4. The number of benzene rings is 8. The molecule has 0 bridgehead atoms. The van der Waals surface area contributed by atoms with E-state index in [2.05, 4.69) is 10.6 Å². The molecular weight excluding hydrogens is 981 g/mol. The third-order valence-corrected chi connectivity index (χ3v) is 13.2. The van der Waals surface area contributed by atoms with Gasteiger partial charge in [0.05, 0.1) is 36.4 Å². The van der Waals surface area contributed by atoms with Crippen LogP contribution in [0.3, 0.4) is 0 Å². The summed E-state index contributed by atoms with van der Waals surface area (Å²) in [7, 11) is 0. The standard InChI is InChI=1S/C66H68N2O10/c1-45(2)55(37-69)67-65(71)53-35-57(73-39-47-23-11-5-12-24-47)61(75-41-49-27-15-7-16-28-49)63(77-43-51-31-19-9-20-32-51)59(53)60-54(66(72)68-56(38-70)46(3)4)36-58(74-40-48-25-13-6-14-26-48)62(76-42-50-29-17-8-18-30-50)64(60)78-44-52-33-21-10-22-34-52/h5-36,45-46,55-56,69-70H,37-44H2,1-4H3,(H,67,71)(H,68,72)/t55-,56-/m0/s1. The topological polar surface area (TPSA) is 154 Å². The van der Waals surface area contributed by atoms with E-state index in [1.54, 1.807) is 12.1 Å². The zero-order valence-electron chi connectivity index (χ0n) is 44.6. The van der Waals surface area contributed by atoms with Crippen molar-refractivity contribution >= 4 is 11.8 Å². The highest BCUT2D eigenvalue weighted by Crippen LogP contribution is 2.55. The Hall–Kier alpha value is -8.58. The van der Waals surface area contributed by atoms with E-state index >= 15 is 9.59 Å². The summed E-state index contributed by atoms with van der Waals surface area (Å²) < 4.78 is 41.7. The fourth-order valence-corrected chi connectivity index (χ4v) is 8.58. The highest BCUT2D eigenvalue weighted by atomic mass is 16.6. The van der Waals surface area contributed by atoms with Crippen molar-refractivity contribution in [2.45, 2.75) is 79.4 Å². The van der Waals surface area contributed by atoms with Crippen LogP contribution < -0.4 is 39.1 Å². The average molecular weight is 1050 g/mol. The van der Waals surface area contributed by atoms with Crippen molar-refractivity contribution in [3.05, 3.63) is 239 Å². The Labute approximate surface area is 457 Å². The van der Waals surface area contributed by atoms with Crippen LogP contribution in [-0.4, -0.2) is 47.3 Å². The number of aliphatic hydroxyl groups excluding tert-OH is 2. The Morgan fingerprint density at radius 3 is 0.821 bits per heavy atom. The lowest BCUT2D eigenvalue weighted by Crippen LogP contribution is -2.42. The predicted molar refractivity (Wildman–Crippen MR) is 303 cm³/mol. The summed E-state index contributed by atoms with van der Waals surface area (Å²) in [5.41, 5.74) is 5.12. The van der Waals surface area contributed by atoms with Crippen LogP contribution >= 0.6 is 0 Å². The molecule has 0 radical (unpaired) electrons. The van der Waals surface area contributed by atoms with Crippen molar-refractivity contribution in [2.24, 2.45) is 11.8 Å². The number of nitrogens with one attached hydrogen (secondary N) is 2. The molecule has 2 amide bonds. The average Bonchev–Trinajstić information content (AvgIpc) is 3.51. The summed E-state index contributed by atoms with van der Waals surface area (Å²) in [6, 6.07) is 59.4. The van der Waals surface area contributed by atoms with Gasteiger partial charge in [0.1, 0.15) is 39.6 Å². The van der Waals surface area contributed by atoms with Crippen LogP contribution in [0.15, 0.2) is 194 Å². The minimum Gasteiger partial charge on any atom is -0.485 e. The number of rotatable bonds is 27. The SMILES string of the molecule is CC(C)[C@H](CO)NC(=O)c1cc(OCc2ccccc2)c(OCc2ccccc2)c(OCc2ccccc2)c1-c1c(C(=O)N[C@@H](CO)C(C)C)cc(OCc2ccccc2)c(OCc2ccccc2)c1OCc1ccccc1. The lowest BCUT2D eigenvalue weighted by molar-refractivity contribution is 0.0887. The highest BCUT2D eigenvalue weighted by molar-refractivity contribution is 6.11. The first-order chi connectivity index (χ1) is 38.1. The first kappa shape index (κ1) is 55.6. The van der Waals surface area contributed by atoms with Gasteiger partial charge in [0, 0.05) is 11.1 Å². The molecule has 0 aliphatic rings. The molecule has 0 fully saturated rings. The maximum absolute atomic E-state index is 15.7. The smallest absolute Gasteiger partial charge is 0.252 e. The quantitative estimate of drug-likeness (QED) is 0.0391. The van der Waals surface area contributed by atoms with Crippen LogP contribution in [0.1, 0.15) is 81.8 Å².